The van der Waals surface area contributed by atoms with Crippen molar-refractivity contribution in [2.45, 2.75) is 6.54 Å². The lowest BCUT2D eigenvalue weighted by Crippen LogP contribution is -2.13. The number of halogens is 1. The molecular weight excluding hydrogens is 288 g/mol. The van der Waals surface area contributed by atoms with Gasteiger partial charge in [0.25, 0.3) is 0 Å². The van der Waals surface area contributed by atoms with Crippen molar-refractivity contribution < 1.29 is 5.21 Å². The number of nitrogens with two attached hydrogens (primary N) is 1. The molecular formula is C15H13ClN4O. The predicted octanol–water partition coefficient (Wildman–Crippen LogP) is 2.83. The molecule has 6 heteroatoms. The summed E-state index contributed by atoms with van der Waals surface area (Å²) in [6, 6.07) is 13.2. The van der Waals surface area contributed by atoms with Gasteiger partial charge < -0.3 is 15.5 Å². The van der Waals surface area contributed by atoms with E-state index >= 15 is 0 Å². The molecule has 0 saturated carbocycles. The number of para-hydroxylation sites is 2. The zero-order valence-electron chi connectivity index (χ0n) is 11.1. The molecule has 5 nitrogen and oxygen atoms in total. The standard InChI is InChI=1S/C15H13ClN4O/c16-12-7-10(15(17)19-21)5-6-11(12)8-20-9-18-13-3-1-2-4-14(13)20/h1-7,9,21H,8H2,(H2,17,19). The number of nitrogens with zero attached hydrogens (tertiary/aromatic N) is 3. The zero-order chi connectivity index (χ0) is 14.8. The number of benzene rings is 2. The third kappa shape index (κ3) is 2.55. The molecule has 106 valence electrons. The van der Waals surface area contributed by atoms with Gasteiger partial charge in [0.05, 0.1) is 23.9 Å². The summed E-state index contributed by atoms with van der Waals surface area (Å²) in [7, 11) is 0. The molecule has 1 heterocycles. The van der Waals surface area contributed by atoms with Crippen LogP contribution in [0.15, 0.2) is 53.9 Å². The smallest absolute Gasteiger partial charge is 0.170 e. The minimum absolute atomic E-state index is 0.0385. The van der Waals surface area contributed by atoms with E-state index < -0.39 is 0 Å². The summed E-state index contributed by atoms with van der Waals surface area (Å²) in [5, 5.41) is 12.2. The maximum Gasteiger partial charge on any atom is 0.170 e. The van der Waals surface area contributed by atoms with Crippen molar-refractivity contribution in [3.63, 3.8) is 0 Å². The molecule has 3 aromatic rings. The van der Waals surface area contributed by atoms with E-state index in [1.54, 1.807) is 18.5 Å². The number of fused-ring (bicyclic) bond motifs is 1. The van der Waals surface area contributed by atoms with Crippen LogP contribution < -0.4 is 5.73 Å². The maximum absolute atomic E-state index is 8.68. The highest BCUT2D eigenvalue weighted by Crippen LogP contribution is 2.21. The van der Waals surface area contributed by atoms with E-state index in [0.29, 0.717) is 17.1 Å². The quantitative estimate of drug-likeness (QED) is 0.338. The van der Waals surface area contributed by atoms with E-state index in [4.69, 9.17) is 22.5 Å². The average Bonchev–Trinajstić information content (AvgIpc) is 2.92. The fraction of sp³-hybridized carbons (Fsp3) is 0.0667. The first kappa shape index (κ1) is 13.5. The summed E-state index contributed by atoms with van der Waals surface area (Å²) in [5.74, 6) is 0.0385. The number of hydrogen-bond donors (Lipinski definition) is 2. The molecule has 3 rings (SSSR count). The summed E-state index contributed by atoms with van der Waals surface area (Å²) in [6.45, 7) is 0.607. The first-order valence-corrected chi connectivity index (χ1v) is 6.73. The Morgan fingerprint density at radius 2 is 2.10 bits per heavy atom. The monoisotopic (exact) mass is 300 g/mol. The van der Waals surface area contributed by atoms with Gasteiger partial charge in [-0.2, -0.15) is 0 Å². The van der Waals surface area contributed by atoms with E-state index in [-0.39, 0.29) is 5.84 Å². The van der Waals surface area contributed by atoms with E-state index in [0.717, 1.165) is 16.6 Å². The van der Waals surface area contributed by atoms with Crippen molar-refractivity contribution in [3.8, 4) is 0 Å². The third-order valence-electron chi connectivity index (χ3n) is 3.32. The van der Waals surface area contributed by atoms with Crippen LogP contribution in [0.2, 0.25) is 5.02 Å². The number of amidine groups is 1. The van der Waals surface area contributed by atoms with E-state index in [2.05, 4.69) is 10.1 Å². The van der Waals surface area contributed by atoms with E-state index in [1.165, 1.54) is 0 Å². The van der Waals surface area contributed by atoms with Crippen molar-refractivity contribution in [2.75, 3.05) is 0 Å². The molecule has 0 aliphatic heterocycles. The summed E-state index contributed by atoms with van der Waals surface area (Å²) >= 11 is 6.27. The summed E-state index contributed by atoms with van der Waals surface area (Å²) in [6.07, 6.45) is 1.79. The normalized spacial score (nSPS) is 12.0. The SMILES string of the molecule is N/C(=N/O)c1ccc(Cn2cnc3ccccc32)c(Cl)c1. The molecule has 0 amide bonds. The fourth-order valence-electron chi connectivity index (χ4n) is 2.21. The molecule has 21 heavy (non-hydrogen) atoms. The zero-order valence-corrected chi connectivity index (χ0v) is 11.8. The third-order valence-corrected chi connectivity index (χ3v) is 3.68. The van der Waals surface area contributed by atoms with Crippen molar-refractivity contribution in [1.29, 1.82) is 0 Å². The van der Waals surface area contributed by atoms with Gasteiger partial charge in [0.1, 0.15) is 0 Å². The molecule has 0 unspecified atom stereocenters. The second kappa shape index (κ2) is 5.46. The van der Waals surface area contributed by atoms with Crippen LogP contribution in [-0.2, 0) is 6.54 Å². The van der Waals surface area contributed by atoms with Gasteiger partial charge in [0.2, 0.25) is 0 Å². The van der Waals surface area contributed by atoms with Crippen molar-refractivity contribution >= 4 is 28.5 Å². The highest BCUT2D eigenvalue weighted by Gasteiger charge is 2.08. The summed E-state index contributed by atoms with van der Waals surface area (Å²) < 4.78 is 2.03. The van der Waals surface area contributed by atoms with Crippen LogP contribution in [0, 0.1) is 0 Å². The van der Waals surface area contributed by atoms with Crippen LogP contribution >= 0.6 is 11.6 Å². The molecule has 0 aliphatic rings. The average molecular weight is 301 g/mol. The maximum atomic E-state index is 8.68. The largest absolute Gasteiger partial charge is 0.409 e. The van der Waals surface area contributed by atoms with Gasteiger partial charge in [-0.15, -0.1) is 0 Å². The molecule has 0 fully saturated rings. The lowest BCUT2D eigenvalue weighted by molar-refractivity contribution is 0.318. The van der Waals surface area contributed by atoms with Gasteiger partial charge in [-0.05, 0) is 23.8 Å². The van der Waals surface area contributed by atoms with Gasteiger partial charge in [0, 0.05) is 10.6 Å². The van der Waals surface area contributed by atoms with Crippen molar-refractivity contribution in [2.24, 2.45) is 10.9 Å². The Morgan fingerprint density at radius 3 is 2.86 bits per heavy atom. The molecule has 0 bridgehead atoms. The number of oxime groups is 1. The van der Waals surface area contributed by atoms with Crippen LogP contribution in [0.5, 0.6) is 0 Å². The number of aromatic nitrogens is 2. The first-order chi connectivity index (χ1) is 10.2. The van der Waals surface area contributed by atoms with E-state index in [1.807, 2.05) is 34.9 Å². The molecule has 0 radical (unpaired) electrons. The van der Waals surface area contributed by atoms with Crippen molar-refractivity contribution in [3.05, 3.63) is 64.9 Å². The van der Waals surface area contributed by atoms with Gasteiger partial charge >= 0.3 is 0 Å². The molecule has 1 aromatic heterocycles. The molecule has 2 aromatic carbocycles. The van der Waals surface area contributed by atoms with Crippen LogP contribution in [-0.4, -0.2) is 20.6 Å². The first-order valence-electron chi connectivity index (χ1n) is 6.35. The van der Waals surface area contributed by atoms with Gasteiger partial charge in [-0.25, -0.2) is 4.98 Å². The summed E-state index contributed by atoms with van der Waals surface area (Å²) in [4.78, 5) is 4.35. The highest BCUT2D eigenvalue weighted by atomic mass is 35.5. The van der Waals surface area contributed by atoms with Gasteiger partial charge in [-0.1, -0.05) is 41.0 Å². The van der Waals surface area contributed by atoms with Crippen LogP contribution in [0.25, 0.3) is 11.0 Å². The Hall–Kier alpha value is -2.53. The Morgan fingerprint density at radius 1 is 1.29 bits per heavy atom. The minimum Gasteiger partial charge on any atom is -0.409 e. The topological polar surface area (TPSA) is 76.4 Å². The second-order valence-electron chi connectivity index (χ2n) is 4.65. The molecule has 3 N–H and O–H groups in total. The summed E-state index contributed by atoms with van der Waals surface area (Å²) in [5.41, 5.74) is 9.07. The molecule has 0 saturated heterocycles. The second-order valence-corrected chi connectivity index (χ2v) is 5.06. The fourth-order valence-corrected chi connectivity index (χ4v) is 2.45. The van der Waals surface area contributed by atoms with E-state index in [9.17, 15) is 0 Å². The Labute approximate surface area is 126 Å². The number of imidazole rings is 1. The Balaban J connectivity index is 1.95. The van der Waals surface area contributed by atoms with Gasteiger partial charge in [0.15, 0.2) is 5.84 Å². The lowest BCUT2D eigenvalue weighted by atomic mass is 10.1. The van der Waals surface area contributed by atoms with Crippen LogP contribution in [0.3, 0.4) is 0 Å². The molecule has 0 spiro atoms. The minimum atomic E-state index is 0.0385. The van der Waals surface area contributed by atoms with Crippen LogP contribution in [0.4, 0.5) is 0 Å². The number of rotatable bonds is 3. The Bertz CT molecular complexity index is 825. The van der Waals surface area contributed by atoms with Crippen molar-refractivity contribution in [1.82, 2.24) is 9.55 Å². The van der Waals surface area contributed by atoms with Crippen LogP contribution in [0.1, 0.15) is 11.1 Å². The predicted molar refractivity (Wildman–Crippen MR) is 82.8 cm³/mol. The number of hydrogen-bond acceptors (Lipinski definition) is 3. The Kier molecular flexibility index (Phi) is 3.50. The highest BCUT2D eigenvalue weighted by molar-refractivity contribution is 6.31. The van der Waals surface area contributed by atoms with Gasteiger partial charge in [-0.3, -0.25) is 0 Å². The molecule has 0 aliphatic carbocycles. The molecule has 0 atom stereocenters. The lowest BCUT2D eigenvalue weighted by Gasteiger charge is -2.08.